The van der Waals surface area contributed by atoms with Crippen molar-refractivity contribution in [1.82, 2.24) is 4.98 Å². The molecule has 0 radical (unpaired) electrons. The number of nitrogens with zero attached hydrogens (tertiary/aromatic N) is 2. The van der Waals surface area contributed by atoms with Gasteiger partial charge in [-0.1, -0.05) is 35.9 Å². The number of methoxy groups -OCH3 is 1. The topological polar surface area (TPSA) is 71.5 Å². The van der Waals surface area contributed by atoms with Gasteiger partial charge in [0.15, 0.2) is 5.82 Å². The van der Waals surface area contributed by atoms with Gasteiger partial charge in [-0.25, -0.2) is 9.78 Å². The van der Waals surface area contributed by atoms with E-state index in [1.165, 1.54) is 18.9 Å². The van der Waals surface area contributed by atoms with Gasteiger partial charge in [-0.05, 0) is 48.4 Å². The van der Waals surface area contributed by atoms with E-state index in [4.69, 9.17) is 16.3 Å². The Morgan fingerprint density at radius 1 is 1.25 bits per heavy atom. The maximum atomic E-state index is 12.9. The van der Waals surface area contributed by atoms with Crippen LogP contribution < -0.4 is 10.2 Å². The van der Waals surface area contributed by atoms with E-state index in [-0.39, 0.29) is 17.9 Å². The lowest BCUT2D eigenvalue weighted by Gasteiger charge is -2.31. The van der Waals surface area contributed by atoms with Crippen LogP contribution in [0.15, 0.2) is 65.7 Å². The molecule has 0 saturated heterocycles. The molecule has 3 aromatic rings. The second-order valence-electron chi connectivity index (χ2n) is 7.38. The summed E-state index contributed by atoms with van der Waals surface area (Å²) in [5.74, 6) is 0.660. The first kappa shape index (κ1) is 22.2. The molecule has 0 unspecified atom stereocenters. The van der Waals surface area contributed by atoms with Gasteiger partial charge in [-0.3, -0.25) is 4.79 Å². The van der Waals surface area contributed by atoms with E-state index >= 15 is 0 Å². The van der Waals surface area contributed by atoms with Crippen LogP contribution in [-0.2, 0) is 16.1 Å². The van der Waals surface area contributed by atoms with Crippen LogP contribution in [0, 0.1) is 0 Å². The maximum Gasteiger partial charge on any atom is 0.337 e. The molecule has 1 amide bonds. The number of carbonyl (C=O) groups is 2. The van der Waals surface area contributed by atoms with Crippen LogP contribution in [0.3, 0.4) is 0 Å². The Kier molecular flexibility index (Phi) is 6.67. The number of aromatic nitrogens is 1. The zero-order valence-electron chi connectivity index (χ0n) is 17.7. The predicted molar refractivity (Wildman–Crippen MR) is 127 cm³/mol. The lowest BCUT2D eigenvalue weighted by atomic mass is 10.1. The predicted octanol–water partition coefficient (Wildman–Crippen LogP) is 5.33. The Bertz CT molecular complexity index is 1150. The number of thioether (sulfide) groups is 1. The van der Waals surface area contributed by atoms with Crippen molar-refractivity contribution in [2.24, 2.45) is 0 Å². The summed E-state index contributed by atoms with van der Waals surface area (Å²) in [7, 11) is 1.36. The SMILES string of the molecule is COC(=O)c1ccc([C@H](C)Nc2nccc3c2N(Cc2cccc(Cl)c2)C(=O)CS3)cc1. The van der Waals surface area contributed by atoms with Gasteiger partial charge in [-0.15, -0.1) is 11.8 Å². The third kappa shape index (κ3) is 4.74. The third-order valence-corrected chi connectivity index (χ3v) is 6.49. The summed E-state index contributed by atoms with van der Waals surface area (Å²) in [5, 5.41) is 4.07. The minimum atomic E-state index is -0.372. The van der Waals surface area contributed by atoms with E-state index < -0.39 is 0 Å². The Labute approximate surface area is 195 Å². The Morgan fingerprint density at radius 2 is 2.03 bits per heavy atom. The molecule has 8 heteroatoms. The zero-order valence-corrected chi connectivity index (χ0v) is 19.2. The summed E-state index contributed by atoms with van der Waals surface area (Å²) in [6.45, 7) is 2.42. The number of ether oxygens (including phenoxy) is 1. The molecule has 1 atom stereocenters. The van der Waals surface area contributed by atoms with Gasteiger partial charge in [0, 0.05) is 16.1 Å². The quantitative estimate of drug-likeness (QED) is 0.494. The molecule has 32 heavy (non-hydrogen) atoms. The summed E-state index contributed by atoms with van der Waals surface area (Å²) in [6.07, 6.45) is 1.74. The van der Waals surface area contributed by atoms with Gasteiger partial charge in [0.05, 0.1) is 31.0 Å². The normalized spacial score (nSPS) is 14.0. The fourth-order valence-electron chi connectivity index (χ4n) is 3.56. The molecule has 1 aromatic heterocycles. The fourth-order valence-corrected chi connectivity index (χ4v) is 4.71. The van der Waals surface area contributed by atoms with Gasteiger partial charge in [0.1, 0.15) is 5.69 Å². The number of carbonyl (C=O) groups excluding carboxylic acids is 2. The number of fused-ring (bicyclic) bond motifs is 1. The number of esters is 1. The summed E-state index contributed by atoms with van der Waals surface area (Å²) >= 11 is 7.66. The van der Waals surface area contributed by atoms with Crippen LogP contribution in [0.25, 0.3) is 0 Å². The highest BCUT2D eigenvalue weighted by atomic mass is 35.5. The van der Waals surface area contributed by atoms with E-state index in [1.807, 2.05) is 49.4 Å². The largest absolute Gasteiger partial charge is 0.465 e. The summed E-state index contributed by atoms with van der Waals surface area (Å²) in [6, 6.07) is 16.6. The molecule has 0 spiro atoms. The summed E-state index contributed by atoms with van der Waals surface area (Å²) < 4.78 is 4.76. The second-order valence-corrected chi connectivity index (χ2v) is 8.84. The Hall–Kier alpha value is -3.03. The molecule has 6 nitrogen and oxygen atoms in total. The highest BCUT2D eigenvalue weighted by molar-refractivity contribution is 8.00. The number of pyridine rings is 1. The lowest BCUT2D eigenvalue weighted by Crippen LogP contribution is -2.35. The highest BCUT2D eigenvalue weighted by Crippen LogP contribution is 2.41. The first-order chi connectivity index (χ1) is 15.5. The van der Waals surface area contributed by atoms with E-state index in [0.717, 1.165) is 21.7 Å². The molecule has 1 N–H and O–H groups in total. The van der Waals surface area contributed by atoms with Gasteiger partial charge in [0.25, 0.3) is 0 Å². The zero-order chi connectivity index (χ0) is 22.7. The van der Waals surface area contributed by atoms with Crippen molar-refractivity contribution in [2.75, 3.05) is 23.1 Å². The van der Waals surface area contributed by atoms with Crippen LogP contribution in [0.1, 0.15) is 34.5 Å². The number of benzene rings is 2. The standard InChI is InChI=1S/C24H22ClN3O3S/c1-15(17-6-8-18(9-7-17)24(30)31-2)27-23-22-20(10-11-26-23)32-14-21(29)28(22)13-16-4-3-5-19(25)12-16/h3-12,15H,13-14H2,1-2H3,(H,26,27)/t15-/m0/s1. The number of halogens is 1. The van der Waals surface area contributed by atoms with Gasteiger partial charge < -0.3 is 15.0 Å². The third-order valence-electron chi connectivity index (χ3n) is 5.22. The van der Waals surface area contributed by atoms with Crippen LogP contribution in [0.2, 0.25) is 5.02 Å². The minimum Gasteiger partial charge on any atom is -0.465 e. The highest BCUT2D eigenvalue weighted by Gasteiger charge is 2.29. The number of anilines is 2. The van der Waals surface area contributed by atoms with Gasteiger partial charge >= 0.3 is 5.97 Å². The molecular formula is C24H22ClN3O3S. The van der Waals surface area contributed by atoms with Crippen molar-refractivity contribution < 1.29 is 14.3 Å². The Balaban J connectivity index is 1.62. The number of amides is 1. The maximum absolute atomic E-state index is 12.9. The van der Waals surface area contributed by atoms with Crippen LogP contribution in [-0.4, -0.2) is 29.7 Å². The number of hydrogen-bond acceptors (Lipinski definition) is 6. The Morgan fingerprint density at radius 3 is 2.75 bits per heavy atom. The number of hydrogen-bond donors (Lipinski definition) is 1. The van der Waals surface area contributed by atoms with Crippen molar-refractivity contribution in [3.05, 3.63) is 82.5 Å². The fraction of sp³-hybridized carbons (Fsp3) is 0.208. The van der Waals surface area contributed by atoms with Crippen molar-refractivity contribution in [3.8, 4) is 0 Å². The number of rotatable bonds is 6. The molecule has 0 saturated carbocycles. The van der Waals surface area contributed by atoms with Crippen LogP contribution in [0.4, 0.5) is 11.5 Å². The van der Waals surface area contributed by atoms with Gasteiger partial charge in [-0.2, -0.15) is 0 Å². The van der Waals surface area contributed by atoms with Gasteiger partial charge in [0.2, 0.25) is 5.91 Å². The molecule has 164 valence electrons. The van der Waals surface area contributed by atoms with E-state index in [1.54, 1.807) is 23.2 Å². The molecule has 2 heterocycles. The van der Waals surface area contributed by atoms with Crippen LogP contribution in [0.5, 0.6) is 0 Å². The van der Waals surface area contributed by atoms with Crippen molar-refractivity contribution in [1.29, 1.82) is 0 Å². The first-order valence-electron chi connectivity index (χ1n) is 10.1. The van der Waals surface area contributed by atoms with E-state index in [0.29, 0.717) is 28.7 Å². The average molecular weight is 468 g/mol. The molecule has 4 rings (SSSR count). The van der Waals surface area contributed by atoms with Crippen molar-refractivity contribution in [2.45, 2.75) is 24.4 Å². The minimum absolute atomic E-state index is 0.0219. The molecule has 0 bridgehead atoms. The number of nitrogens with one attached hydrogen (secondary N) is 1. The molecule has 1 aliphatic heterocycles. The van der Waals surface area contributed by atoms with E-state index in [2.05, 4.69) is 10.3 Å². The van der Waals surface area contributed by atoms with E-state index in [9.17, 15) is 9.59 Å². The first-order valence-corrected chi connectivity index (χ1v) is 11.4. The second kappa shape index (κ2) is 9.63. The van der Waals surface area contributed by atoms with Crippen molar-refractivity contribution in [3.63, 3.8) is 0 Å². The summed E-state index contributed by atoms with van der Waals surface area (Å²) in [4.78, 5) is 31.8. The molecule has 2 aromatic carbocycles. The molecule has 1 aliphatic rings. The molecular weight excluding hydrogens is 446 g/mol. The van der Waals surface area contributed by atoms with Crippen LogP contribution >= 0.6 is 23.4 Å². The van der Waals surface area contributed by atoms with Crippen molar-refractivity contribution >= 4 is 46.7 Å². The smallest absolute Gasteiger partial charge is 0.337 e. The summed E-state index contributed by atoms with van der Waals surface area (Å²) in [5.41, 5.74) is 3.19. The lowest BCUT2D eigenvalue weighted by molar-refractivity contribution is -0.116. The monoisotopic (exact) mass is 467 g/mol. The molecule has 0 fully saturated rings. The molecule has 0 aliphatic carbocycles. The average Bonchev–Trinajstić information content (AvgIpc) is 2.80.